The molecule has 0 aromatic heterocycles. The third-order valence-electron chi connectivity index (χ3n) is 2.14. The number of carbonyl (C=O) groups is 1. The Balaban J connectivity index is 3.26. The number of rotatable bonds is 8. The molecule has 0 saturated carbocycles. The van der Waals surface area contributed by atoms with Gasteiger partial charge in [-0.05, 0) is 40.3 Å². The van der Waals surface area contributed by atoms with Crippen molar-refractivity contribution in [2.75, 3.05) is 27.2 Å². The van der Waals surface area contributed by atoms with Gasteiger partial charge in [-0.1, -0.05) is 12.2 Å². The Hall–Kier alpha value is -0.830. The van der Waals surface area contributed by atoms with Gasteiger partial charge < -0.3 is 10.2 Å². The Morgan fingerprint density at radius 2 is 2.07 bits per heavy atom. The number of hydrogen-bond donors (Lipinski definition) is 1. The smallest absolute Gasteiger partial charge is 0.220 e. The molecule has 0 unspecified atom stereocenters. The van der Waals surface area contributed by atoms with Gasteiger partial charge in [0.25, 0.3) is 0 Å². The van der Waals surface area contributed by atoms with E-state index in [0.717, 1.165) is 32.4 Å². The molecule has 1 N–H and O–H groups in total. The van der Waals surface area contributed by atoms with Gasteiger partial charge in [0, 0.05) is 19.5 Å². The van der Waals surface area contributed by atoms with Crippen LogP contribution in [0.4, 0.5) is 0 Å². The molecule has 0 fully saturated rings. The minimum Gasteiger partial charge on any atom is -0.355 e. The topological polar surface area (TPSA) is 32.3 Å². The number of hydrogen-bond acceptors (Lipinski definition) is 2. The molecule has 3 nitrogen and oxygen atoms in total. The van der Waals surface area contributed by atoms with Crippen molar-refractivity contribution in [1.82, 2.24) is 10.2 Å². The highest BCUT2D eigenvalue weighted by atomic mass is 16.1. The van der Waals surface area contributed by atoms with E-state index in [1.807, 2.05) is 21.0 Å². The van der Waals surface area contributed by atoms with Gasteiger partial charge in [-0.3, -0.25) is 4.79 Å². The molecule has 0 aromatic rings. The van der Waals surface area contributed by atoms with E-state index in [4.69, 9.17) is 0 Å². The number of nitrogens with zero attached hydrogens (tertiary/aromatic N) is 1. The van der Waals surface area contributed by atoms with Crippen LogP contribution in [0, 0.1) is 0 Å². The van der Waals surface area contributed by atoms with Crippen molar-refractivity contribution in [3.63, 3.8) is 0 Å². The summed E-state index contributed by atoms with van der Waals surface area (Å²) in [6.07, 6.45) is 8.02. The molecular weight excluding hydrogens is 188 g/mol. The second kappa shape index (κ2) is 9.71. The van der Waals surface area contributed by atoms with E-state index in [2.05, 4.69) is 22.4 Å². The summed E-state index contributed by atoms with van der Waals surface area (Å²) in [6, 6.07) is 0. The quantitative estimate of drug-likeness (QED) is 0.491. The first kappa shape index (κ1) is 14.2. The zero-order valence-electron chi connectivity index (χ0n) is 10.3. The summed E-state index contributed by atoms with van der Waals surface area (Å²) in [5.74, 6) is 0.178. The number of carbonyl (C=O) groups excluding carboxylic acids is 1. The molecule has 0 radical (unpaired) electrons. The third-order valence-corrected chi connectivity index (χ3v) is 2.14. The predicted molar refractivity (Wildman–Crippen MR) is 64.8 cm³/mol. The number of nitrogens with one attached hydrogen (secondary N) is 1. The van der Waals surface area contributed by atoms with Crippen LogP contribution in [-0.2, 0) is 4.79 Å². The SMILES string of the molecule is C/C=C/CCCCC(=O)NCCN(C)C. The van der Waals surface area contributed by atoms with Crippen LogP contribution in [0.15, 0.2) is 12.2 Å². The fraction of sp³-hybridized carbons (Fsp3) is 0.750. The van der Waals surface area contributed by atoms with E-state index < -0.39 is 0 Å². The monoisotopic (exact) mass is 212 g/mol. The van der Waals surface area contributed by atoms with Crippen molar-refractivity contribution in [3.05, 3.63) is 12.2 Å². The number of amides is 1. The molecule has 0 aromatic carbocycles. The maximum Gasteiger partial charge on any atom is 0.220 e. The minimum atomic E-state index is 0.178. The molecular formula is C12H24N2O. The normalized spacial score (nSPS) is 11.2. The summed E-state index contributed by atoms with van der Waals surface area (Å²) < 4.78 is 0. The Kier molecular flexibility index (Phi) is 9.18. The fourth-order valence-corrected chi connectivity index (χ4v) is 1.22. The number of allylic oxidation sites excluding steroid dienone is 2. The zero-order valence-corrected chi connectivity index (χ0v) is 10.3. The summed E-state index contributed by atoms with van der Waals surface area (Å²) in [6.45, 7) is 3.68. The highest BCUT2D eigenvalue weighted by Gasteiger charge is 1.99. The average Bonchev–Trinajstić information content (AvgIpc) is 2.17. The van der Waals surface area contributed by atoms with Crippen LogP contribution in [0.2, 0.25) is 0 Å². The van der Waals surface area contributed by atoms with E-state index in [0.29, 0.717) is 6.42 Å². The van der Waals surface area contributed by atoms with Gasteiger partial charge in [-0.15, -0.1) is 0 Å². The Labute approximate surface area is 93.5 Å². The van der Waals surface area contributed by atoms with Crippen LogP contribution in [0.25, 0.3) is 0 Å². The minimum absolute atomic E-state index is 0.178. The van der Waals surface area contributed by atoms with Crippen LogP contribution in [-0.4, -0.2) is 38.0 Å². The maximum atomic E-state index is 11.3. The largest absolute Gasteiger partial charge is 0.355 e. The van der Waals surface area contributed by atoms with Crippen molar-refractivity contribution < 1.29 is 4.79 Å². The standard InChI is InChI=1S/C12H24N2O/c1-4-5-6-7-8-9-12(15)13-10-11-14(2)3/h4-5H,6-11H2,1-3H3,(H,13,15)/b5-4+. The molecule has 0 atom stereocenters. The van der Waals surface area contributed by atoms with Gasteiger partial charge in [0.15, 0.2) is 0 Å². The van der Waals surface area contributed by atoms with Gasteiger partial charge >= 0.3 is 0 Å². The number of unbranched alkanes of at least 4 members (excludes halogenated alkanes) is 2. The lowest BCUT2D eigenvalue weighted by atomic mass is 10.2. The lowest BCUT2D eigenvalue weighted by molar-refractivity contribution is -0.121. The van der Waals surface area contributed by atoms with Crippen molar-refractivity contribution in [3.8, 4) is 0 Å². The van der Waals surface area contributed by atoms with Gasteiger partial charge in [-0.25, -0.2) is 0 Å². The van der Waals surface area contributed by atoms with Crippen LogP contribution >= 0.6 is 0 Å². The third kappa shape index (κ3) is 11.1. The molecule has 3 heteroatoms. The predicted octanol–water partition coefficient (Wildman–Crippen LogP) is 1.80. The van der Waals surface area contributed by atoms with Crippen molar-refractivity contribution in [1.29, 1.82) is 0 Å². The maximum absolute atomic E-state index is 11.3. The molecule has 0 rings (SSSR count). The van der Waals surface area contributed by atoms with E-state index >= 15 is 0 Å². The lowest BCUT2D eigenvalue weighted by Gasteiger charge is -2.10. The Morgan fingerprint density at radius 3 is 2.67 bits per heavy atom. The molecule has 1 amide bonds. The highest BCUT2D eigenvalue weighted by molar-refractivity contribution is 5.75. The zero-order chi connectivity index (χ0) is 11.5. The number of likely N-dealkylation sites (N-methyl/N-ethyl adjacent to an activating group) is 1. The van der Waals surface area contributed by atoms with Crippen LogP contribution in [0.5, 0.6) is 0 Å². The van der Waals surface area contributed by atoms with Crippen LogP contribution in [0.3, 0.4) is 0 Å². The van der Waals surface area contributed by atoms with Crippen molar-refractivity contribution in [2.24, 2.45) is 0 Å². The van der Waals surface area contributed by atoms with Crippen LogP contribution in [0.1, 0.15) is 32.6 Å². The Morgan fingerprint density at radius 1 is 1.33 bits per heavy atom. The summed E-state index contributed by atoms with van der Waals surface area (Å²) >= 11 is 0. The van der Waals surface area contributed by atoms with Gasteiger partial charge in [0.2, 0.25) is 5.91 Å². The van der Waals surface area contributed by atoms with Gasteiger partial charge in [0.05, 0.1) is 0 Å². The molecule has 0 aliphatic heterocycles. The molecule has 0 spiro atoms. The summed E-state index contributed by atoms with van der Waals surface area (Å²) in [5.41, 5.74) is 0. The first-order chi connectivity index (χ1) is 7.16. The first-order valence-corrected chi connectivity index (χ1v) is 5.69. The second-order valence-electron chi connectivity index (χ2n) is 3.97. The molecule has 0 heterocycles. The van der Waals surface area contributed by atoms with E-state index in [-0.39, 0.29) is 5.91 Å². The Bertz CT molecular complexity index is 188. The molecule has 0 aliphatic carbocycles. The molecule has 88 valence electrons. The average molecular weight is 212 g/mol. The van der Waals surface area contributed by atoms with Gasteiger partial charge in [-0.2, -0.15) is 0 Å². The first-order valence-electron chi connectivity index (χ1n) is 5.69. The van der Waals surface area contributed by atoms with Crippen LogP contribution < -0.4 is 5.32 Å². The highest BCUT2D eigenvalue weighted by Crippen LogP contribution is 2.00. The fourth-order valence-electron chi connectivity index (χ4n) is 1.22. The van der Waals surface area contributed by atoms with E-state index in [1.165, 1.54) is 0 Å². The summed E-state index contributed by atoms with van der Waals surface area (Å²) in [5, 5.41) is 2.91. The molecule has 0 bridgehead atoms. The summed E-state index contributed by atoms with van der Waals surface area (Å²) in [4.78, 5) is 13.4. The summed E-state index contributed by atoms with van der Waals surface area (Å²) in [7, 11) is 4.01. The second-order valence-corrected chi connectivity index (χ2v) is 3.97. The van der Waals surface area contributed by atoms with Crippen molar-refractivity contribution in [2.45, 2.75) is 32.6 Å². The molecule has 0 aliphatic rings. The van der Waals surface area contributed by atoms with Gasteiger partial charge in [0.1, 0.15) is 0 Å². The molecule has 15 heavy (non-hydrogen) atoms. The van der Waals surface area contributed by atoms with Crippen molar-refractivity contribution >= 4 is 5.91 Å². The van der Waals surface area contributed by atoms with E-state index in [1.54, 1.807) is 0 Å². The molecule has 0 saturated heterocycles. The van der Waals surface area contributed by atoms with E-state index in [9.17, 15) is 4.79 Å². The lowest BCUT2D eigenvalue weighted by Crippen LogP contribution is -2.31.